The zero-order chi connectivity index (χ0) is 15.2. The Bertz CT molecular complexity index is 707. The molecule has 21 heavy (non-hydrogen) atoms. The van der Waals surface area contributed by atoms with Gasteiger partial charge in [0.1, 0.15) is 17.4 Å². The van der Waals surface area contributed by atoms with Crippen molar-refractivity contribution in [3.05, 3.63) is 59.4 Å². The van der Waals surface area contributed by atoms with E-state index in [1.54, 1.807) is 18.2 Å². The number of rotatable bonds is 4. The normalized spacial score (nSPS) is 9.76. The van der Waals surface area contributed by atoms with Gasteiger partial charge in [0.25, 0.3) is 0 Å². The zero-order valence-corrected chi connectivity index (χ0v) is 11.5. The minimum Gasteiger partial charge on any atom is -0.375 e. The average molecular weight is 283 g/mol. The zero-order valence-electron chi connectivity index (χ0n) is 11.5. The summed E-state index contributed by atoms with van der Waals surface area (Å²) >= 11 is 0. The standard InChI is InChI=1S/C16H14FN3O/c1-11-5-2-3-7-14(11)20-16(21)10-19-15-8-4-6-13(17)12(15)9-18/h2-8,19H,10H2,1H3,(H,20,21). The van der Waals surface area contributed by atoms with Crippen LogP contribution in [0.1, 0.15) is 11.1 Å². The number of halogens is 1. The molecule has 0 radical (unpaired) electrons. The van der Waals surface area contributed by atoms with Crippen molar-refractivity contribution in [2.75, 3.05) is 17.2 Å². The average Bonchev–Trinajstić information content (AvgIpc) is 2.47. The number of nitrogens with one attached hydrogen (secondary N) is 2. The van der Waals surface area contributed by atoms with Gasteiger partial charge in [-0.3, -0.25) is 4.79 Å². The molecular formula is C16H14FN3O. The number of aryl methyl sites for hydroxylation is 1. The van der Waals surface area contributed by atoms with Crippen LogP contribution < -0.4 is 10.6 Å². The van der Waals surface area contributed by atoms with E-state index >= 15 is 0 Å². The smallest absolute Gasteiger partial charge is 0.243 e. The molecule has 5 heteroatoms. The summed E-state index contributed by atoms with van der Waals surface area (Å²) in [6, 6.07) is 13.4. The van der Waals surface area contributed by atoms with Gasteiger partial charge in [-0.05, 0) is 30.7 Å². The molecule has 0 spiro atoms. The summed E-state index contributed by atoms with van der Waals surface area (Å²) < 4.78 is 13.4. The molecule has 2 rings (SSSR count). The summed E-state index contributed by atoms with van der Waals surface area (Å²) in [7, 11) is 0. The van der Waals surface area contributed by atoms with E-state index in [2.05, 4.69) is 10.6 Å². The van der Waals surface area contributed by atoms with Crippen LogP contribution in [0.4, 0.5) is 15.8 Å². The number of benzene rings is 2. The Balaban J connectivity index is 2.01. The first-order valence-electron chi connectivity index (χ1n) is 6.40. The summed E-state index contributed by atoms with van der Waals surface area (Å²) in [5.74, 6) is -0.876. The van der Waals surface area contributed by atoms with Crippen LogP contribution in [0.2, 0.25) is 0 Å². The topological polar surface area (TPSA) is 64.9 Å². The van der Waals surface area contributed by atoms with E-state index in [-0.39, 0.29) is 18.0 Å². The Morgan fingerprint density at radius 3 is 2.62 bits per heavy atom. The van der Waals surface area contributed by atoms with Crippen LogP contribution in [-0.4, -0.2) is 12.5 Å². The molecule has 0 unspecified atom stereocenters. The number of para-hydroxylation sites is 1. The third-order valence-electron chi connectivity index (χ3n) is 2.98. The second-order valence-electron chi connectivity index (χ2n) is 4.49. The van der Waals surface area contributed by atoms with E-state index in [1.807, 2.05) is 25.1 Å². The van der Waals surface area contributed by atoms with E-state index in [0.717, 1.165) is 11.3 Å². The first-order valence-corrected chi connectivity index (χ1v) is 6.40. The van der Waals surface area contributed by atoms with Gasteiger partial charge in [-0.2, -0.15) is 5.26 Å². The number of hydrogen-bond donors (Lipinski definition) is 2. The van der Waals surface area contributed by atoms with Crippen LogP contribution in [0.25, 0.3) is 0 Å². The molecule has 0 heterocycles. The Hall–Kier alpha value is -2.87. The molecule has 0 saturated heterocycles. The molecule has 1 amide bonds. The fourth-order valence-corrected chi connectivity index (χ4v) is 1.87. The quantitative estimate of drug-likeness (QED) is 0.906. The van der Waals surface area contributed by atoms with Gasteiger partial charge in [-0.15, -0.1) is 0 Å². The highest BCUT2D eigenvalue weighted by Gasteiger charge is 2.09. The van der Waals surface area contributed by atoms with Crippen LogP contribution in [-0.2, 0) is 4.79 Å². The molecule has 2 N–H and O–H groups in total. The molecule has 0 fully saturated rings. The number of nitriles is 1. The van der Waals surface area contributed by atoms with Gasteiger partial charge in [-0.1, -0.05) is 24.3 Å². The van der Waals surface area contributed by atoms with Crippen molar-refractivity contribution in [3.63, 3.8) is 0 Å². The molecule has 0 aliphatic heterocycles. The maximum Gasteiger partial charge on any atom is 0.243 e. The number of carbonyl (C=O) groups is 1. The van der Waals surface area contributed by atoms with Gasteiger partial charge in [0, 0.05) is 5.69 Å². The first kappa shape index (κ1) is 14.5. The molecule has 0 aliphatic rings. The summed E-state index contributed by atoms with van der Waals surface area (Å²) in [4.78, 5) is 11.9. The fraction of sp³-hybridized carbons (Fsp3) is 0.125. The Kier molecular flexibility index (Phi) is 4.52. The van der Waals surface area contributed by atoms with Crippen molar-refractivity contribution >= 4 is 17.3 Å². The van der Waals surface area contributed by atoms with E-state index < -0.39 is 5.82 Å². The van der Waals surface area contributed by atoms with Crippen molar-refractivity contribution in [1.29, 1.82) is 5.26 Å². The summed E-state index contributed by atoms with van der Waals surface area (Å²) in [5.41, 5.74) is 1.89. The van der Waals surface area contributed by atoms with E-state index in [1.165, 1.54) is 12.1 Å². The van der Waals surface area contributed by atoms with Crippen LogP contribution in [0.15, 0.2) is 42.5 Å². The van der Waals surface area contributed by atoms with Crippen LogP contribution >= 0.6 is 0 Å². The molecule has 0 aromatic heterocycles. The van der Waals surface area contributed by atoms with Crippen molar-refractivity contribution in [2.45, 2.75) is 6.92 Å². The van der Waals surface area contributed by atoms with E-state index in [9.17, 15) is 9.18 Å². The molecule has 2 aromatic carbocycles. The first-order chi connectivity index (χ1) is 10.1. The number of hydrogen-bond acceptors (Lipinski definition) is 3. The van der Waals surface area contributed by atoms with Crippen LogP contribution in [0.5, 0.6) is 0 Å². The molecule has 106 valence electrons. The van der Waals surface area contributed by atoms with Gasteiger partial charge in [-0.25, -0.2) is 4.39 Å². The lowest BCUT2D eigenvalue weighted by Gasteiger charge is -2.10. The van der Waals surface area contributed by atoms with E-state index in [0.29, 0.717) is 5.69 Å². The van der Waals surface area contributed by atoms with Gasteiger partial charge in [0.2, 0.25) is 5.91 Å². The van der Waals surface area contributed by atoms with Crippen molar-refractivity contribution < 1.29 is 9.18 Å². The lowest BCUT2D eigenvalue weighted by atomic mass is 10.2. The summed E-state index contributed by atoms with van der Waals surface area (Å²) in [6.45, 7) is 1.84. The van der Waals surface area contributed by atoms with Gasteiger partial charge < -0.3 is 10.6 Å². The van der Waals surface area contributed by atoms with Crippen LogP contribution in [0, 0.1) is 24.1 Å². The molecule has 0 bridgehead atoms. The van der Waals surface area contributed by atoms with Crippen LogP contribution in [0.3, 0.4) is 0 Å². The summed E-state index contributed by atoms with van der Waals surface area (Å²) in [6.07, 6.45) is 0. The largest absolute Gasteiger partial charge is 0.375 e. The third-order valence-corrected chi connectivity index (χ3v) is 2.98. The Morgan fingerprint density at radius 2 is 1.90 bits per heavy atom. The van der Waals surface area contributed by atoms with Crippen molar-refractivity contribution in [2.24, 2.45) is 0 Å². The predicted octanol–water partition coefficient (Wildman–Crippen LogP) is 3.06. The second-order valence-corrected chi connectivity index (χ2v) is 4.49. The lowest BCUT2D eigenvalue weighted by molar-refractivity contribution is -0.114. The minimum absolute atomic E-state index is 0.0491. The maximum atomic E-state index is 13.4. The number of nitrogens with zero attached hydrogens (tertiary/aromatic N) is 1. The molecule has 4 nitrogen and oxygen atoms in total. The molecule has 0 atom stereocenters. The fourth-order valence-electron chi connectivity index (χ4n) is 1.87. The number of amides is 1. The second kappa shape index (κ2) is 6.53. The lowest BCUT2D eigenvalue weighted by Crippen LogP contribution is -2.22. The monoisotopic (exact) mass is 283 g/mol. The molecule has 2 aromatic rings. The third kappa shape index (κ3) is 3.57. The van der Waals surface area contributed by atoms with Gasteiger partial charge in [0.05, 0.1) is 12.2 Å². The molecule has 0 saturated carbocycles. The maximum absolute atomic E-state index is 13.4. The summed E-state index contributed by atoms with van der Waals surface area (Å²) in [5, 5.41) is 14.4. The molecule has 0 aliphatic carbocycles. The minimum atomic E-state index is -0.609. The highest BCUT2D eigenvalue weighted by Crippen LogP contribution is 2.17. The SMILES string of the molecule is Cc1ccccc1NC(=O)CNc1cccc(F)c1C#N. The Labute approximate surface area is 122 Å². The Morgan fingerprint density at radius 1 is 1.19 bits per heavy atom. The van der Waals surface area contributed by atoms with Crippen molar-refractivity contribution in [1.82, 2.24) is 0 Å². The number of anilines is 2. The highest BCUT2D eigenvalue weighted by molar-refractivity contribution is 5.94. The predicted molar refractivity (Wildman–Crippen MR) is 79.4 cm³/mol. The van der Waals surface area contributed by atoms with Gasteiger partial charge in [0.15, 0.2) is 0 Å². The van der Waals surface area contributed by atoms with Gasteiger partial charge >= 0.3 is 0 Å². The molecular weight excluding hydrogens is 269 g/mol. The highest BCUT2D eigenvalue weighted by atomic mass is 19.1. The number of carbonyl (C=O) groups excluding carboxylic acids is 1. The van der Waals surface area contributed by atoms with Crippen molar-refractivity contribution in [3.8, 4) is 6.07 Å². The van der Waals surface area contributed by atoms with E-state index in [4.69, 9.17) is 5.26 Å².